The second kappa shape index (κ2) is 7.67. The number of hydrogen-bond donors (Lipinski definition) is 2. The Morgan fingerprint density at radius 2 is 2.10 bits per heavy atom. The molecule has 0 radical (unpaired) electrons. The van der Waals surface area contributed by atoms with Crippen molar-refractivity contribution < 1.29 is 22.8 Å². The number of nitrogens with zero attached hydrogens (tertiary/aromatic N) is 2. The smallest absolute Gasteiger partial charge is 0.350 e. The van der Waals surface area contributed by atoms with Gasteiger partial charge in [-0.3, -0.25) is 9.59 Å². The molecule has 6 nitrogen and oxygen atoms in total. The summed E-state index contributed by atoms with van der Waals surface area (Å²) in [5.41, 5.74) is 1.81. The van der Waals surface area contributed by atoms with Crippen molar-refractivity contribution >= 4 is 34.9 Å². The summed E-state index contributed by atoms with van der Waals surface area (Å²) in [5.74, 6) is -0.837. The number of amides is 2. The Bertz CT molecular complexity index is 1140. The van der Waals surface area contributed by atoms with E-state index in [4.69, 9.17) is 0 Å². The van der Waals surface area contributed by atoms with E-state index in [0.29, 0.717) is 10.6 Å². The average Bonchev–Trinajstić information content (AvgIpc) is 3.08. The molecule has 3 heterocycles. The molecule has 1 aromatic carbocycles. The van der Waals surface area contributed by atoms with Crippen LogP contribution in [0, 0.1) is 6.92 Å². The Labute approximate surface area is 173 Å². The number of thioether (sulfide) groups is 1. The number of imidazole rings is 1. The molecular weight excluding hydrogens is 417 g/mol. The van der Waals surface area contributed by atoms with Gasteiger partial charge in [0.05, 0.1) is 28.7 Å². The molecule has 1 unspecified atom stereocenters. The predicted octanol–water partition coefficient (Wildman–Crippen LogP) is 3.78. The van der Waals surface area contributed by atoms with Crippen molar-refractivity contribution in [2.75, 3.05) is 5.32 Å². The monoisotopic (exact) mass is 434 g/mol. The number of nitrogens with one attached hydrogen (secondary N) is 2. The largest absolute Gasteiger partial charge is 0.416 e. The van der Waals surface area contributed by atoms with E-state index in [9.17, 15) is 22.8 Å². The molecule has 0 bridgehead atoms. The topological polar surface area (TPSA) is 75.5 Å². The van der Waals surface area contributed by atoms with Crippen LogP contribution in [-0.2, 0) is 22.3 Å². The normalized spacial score (nSPS) is 16.3. The van der Waals surface area contributed by atoms with Crippen molar-refractivity contribution in [3.8, 4) is 0 Å². The molecule has 156 valence electrons. The van der Waals surface area contributed by atoms with Crippen LogP contribution in [0.25, 0.3) is 5.65 Å². The molecular formula is C20H17F3N4O2S. The average molecular weight is 434 g/mol. The van der Waals surface area contributed by atoms with Gasteiger partial charge in [-0.2, -0.15) is 13.2 Å². The minimum absolute atomic E-state index is 0.0938. The van der Waals surface area contributed by atoms with Crippen LogP contribution in [0.4, 0.5) is 18.9 Å². The van der Waals surface area contributed by atoms with E-state index >= 15 is 0 Å². The summed E-state index contributed by atoms with van der Waals surface area (Å²) in [4.78, 5) is 29.5. The first kappa shape index (κ1) is 20.3. The van der Waals surface area contributed by atoms with Crippen LogP contribution in [0.15, 0.2) is 47.6 Å². The number of anilines is 1. The van der Waals surface area contributed by atoms with Crippen LogP contribution in [0.1, 0.15) is 23.2 Å². The maximum atomic E-state index is 12.8. The Morgan fingerprint density at radius 1 is 1.30 bits per heavy atom. The number of aromatic nitrogens is 2. The molecule has 4 rings (SSSR count). The summed E-state index contributed by atoms with van der Waals surface area (Å²) in [6.45, 7) is 2.18. The van der Waals surface area contributed by atoms with Gasteiger partial charge in [-0.1, -0.05) is 0 Å². The number of carbonyl (C=O) groups is 2. The standard InChI is InChI=1S/C20H17F3N4O2S/c1-11-4-5-27-10-13(25-17(27)6-11)9-24-18(28)8-16-19(29)26-14-7-12(20(21,22)23)2-3-15(14)30-16/h2-7,10,16H,8-9H2,1H3,(H,24,28)(H,26,29). The number of rotatable bonds is 4. The maximum absolute atomic E-state index is 12.8. The molecule has 0 fully saturated rings. The molecule has 0 aliphatic carbocycles. The summed E-state index contributed by atoms with van der Waals surface area (Å²) in [6, 6.07) is 7.06. The lowest BCUT2D eigenvalue weighted by atomic mass is 10.1. The summed E-state index contributed by atoms with van der Waals surface area (Å²) in [6.07, 6.45) is -0.888. The van der Waals surface area contributed by atoms with Gasteiger partial charge in [-0.05, 0) is 42.8 Å². The second-order valence-corrected chi connectivity index (χ2v) is 8.23. The number of alkyl halides is 3. The van der Waals surface area contributed by atoms with E-state index in [0.717, 1.165) is 35.1 Å². The van der Waals surface area contributed by atoms with Gasteiger partial charge < -0.3 is 15.0 Å². The van der Waals surface area contributed by atoms with Crippen molar-refractivity contribution in [3.63, 3.8) is 0 Å². The van der Waals surface area contributed by atoms with Gasteiger partial charge >= 0.3 is 6.18 Å². The molecule has 2 N–H and O–H groups in total. The van der Waals surface area contributed by atoms with Gasteiger partial charge in [0.15, 0.2) is 0 Å². The third-order valence-corrected chi connectivity index (χ3v) is 5.90. The fraction of sp³-hybridized carbons (Fsp3) is 0.250. The van der Waals surface area contributed by atoms with E-state index in [1.807, 2.05) is 35.9 Å². The van der Waals surface area contributed by atoms with Crippen molar-refractivity contribution in [3.05, 3.63) is 59.5 Å². The zero-order valence-corrected chi connectivity index (χ0v) is 16.6. The zero-order chi connectivity index (χ0) is 21.5. The minimum atomic E-state index is -4.49. The summed E-state index contributed by atoms with van der Waals surface area (Å²) >= 11 is 1.08. The number of pyridine rings is 1. The number of benzene rings is 1. The fourth-order valence-corrected chi connectivity index (χ4v) is 4.20. The molecule has 0 spiro atoms. The Morgan fingerprint density at radius 3 is 2.87 bits per heavy atom. The molecule has 1 atom stereocenters. The number of halogens is 3. The first-order valence-electron chi connectivity index (χ1n) is 9.09. The highest BCUT2D eigenvalue weighted by atomic mass is 32.2. The lowest BCUT2D eigenvalue weighted by Gasteiger charge is -2.24. The lowest BCUT2D eigenvalue weighted by Crippen LogP contribution is -2.34. The third kappa shape index (κ3) is 4.28. The third-order valence-electron chi connectivity index (χ3n) is 4.63. The zero-order valence-electron chi connectivity index (χ0n) is 15.8. The van der Waals surface area contributed by atoms with Crippen molar-refractivity contribution in [1.29, 1.82) is 0 Å². The molecule has 1 aliphatic rings. The van der Waals surface area contributed by atoms with Gasteiger partial charge in [0.2, 0.25) is 11.8 Å². The summed E-state index contributed by atoms with van der Waals surface area (Å²) in [5, 5.41) is 4.48. The molecule has 0 saturated carbocycles. The van der Waals surface area contributed by atoms with Gasteiger partial charge in [0.25, 0.3) is 0 Å². The highest BCUT2D eigenvalue weighted by Gasteiger charge is 2.34. The maximum Gasteiger partial charge on any atom is 0.416 e. The number of carbonyl (C=O) groups excluding carboxylic acids is 2. The number of fused-ring (bicyclic) bond motifs is 2. The molecule has 10 heteroatoms. The van der Waals surface area contributed by atoms with E-state index in [2.05, 4.69) is 15.6 Å². The molecule has 3 aromatic rings. The van der Waals surface area contributed by atoms with E-state index < -0.39 is 22.9 Å². The molecule has 2 aromatic heterocycles. The second-order valence-electron chi connectivity index (χ2n) is 6.99. The molecule has 0 saturated heterocycles. The highest BCUT2D eigenvalue weighted by molar-refractivity contribution is 8.01. The van der Waals surface area contributed by atoms with Crippen molar-refractivity contribution in [2.45, 2.75) is 36.2 Å². The first-order chi connectivity index (χ1) is 14.2. The van der Waals surface area contributed by atoms with Gasteiger partial charge in [0, 0.05) is 23.7 Å². The lowest BCUT2D eigenvalue weighted by molar-refractivity contribution is -0.137. The SMILES string of the molecule is Cc1ccn2cc(CNC(=O)CC3Sc4ccc(C(F)(F)F)cc4NC3=O)nc2c1. The van der Waals surface area contributed by atoms with Crippen LogP contribution >= 0.6 is 11.8 Å². The van der Waals surface area contributed by atoms with Crippen LogP contribution in [0.3, 0.4) is 0 Å². The Kier molecular flexibility index (Phi) is 5.19. The summed E-state index contributed by atoms with van der Waals surface area (Å²) < 4.78 is 40.4. The first-order valence-corrected chi connectivity index (χ1v) is 9.97. The molecule has 1 aliphatic heterocycles. The van der Waals surface area contributed by atoms with Crippen LogP contribution in [0.2, 0.25) is 0 Å². The number of aryl methyl sites for hydroxylation is 1. The van der Waals surface area contributed by atoms with E-state index in [-0.39, 0.29) is 24.6 Å². The minimum Gasteiger partial charge on any atom is -0.350 e. The molecule has 2 amide bonds. The van der Waals surface area contributed by atoms with Crippen molar-refractivity contribution in [1.82, 2.24) is 14.7 Å². The predicted molar refractivity (Wildman–Crippen MR) is 106 cm³/mol. The fourth-order valence-electron chi connectivity index (χ4n) is 3.11. The van der Waals surface area contributed by atoms with Crippen LogP contribution in [-0.4, -0.2) is 26.4 Å². The van der Waals surface area contributed by atoms with Gasteiger partial charge in [-0.15, -0.1) is 11.8 Å². The van der Waals surface area contributed by atoms with E-state index in [1.165, 1.54) is 6.07 Å². The highest BCUT2D eigenvalue weighted by Crippen LogP contribution is 2.40. The quantitative estimate of drug-likeness (QED) is 0.655. The van der Waals surface area contributed by atoms with Gasteiger partial charge in [0.1, 0.15) is 5.65 Å². The van der Waals surface area contributed by atoms with Crippen LogP contribution in [0.5, 0.6) is 0 Å². The van der Waals surface area contributed by atoms with E-state index in [1.54, 1.807) is 0 Å². The molecule has 30 heavy (non-hydrogen) atoms. The summed E-state index contributed by atoms with van der Waals surface area (Å²) in [7, 11) is 0. The Hall–Kier alpha value is -3.01. The van der Waals surface area contributed by atoms with Gasteiger partial charge in [-0.25, -0.2) is 4.98 Å². The van der Waals surface area contributed by atoms with Crippen molar-refractivity contribution in [2.24, 2.45) is 0 Å². The number of hydrogen-bond acceptors (Lipinski definition) is 4. The Balaban J connectivity index is 1.38. The van der Waals surface area contributed by atoms with Crippen LogP contribution < -0.4 is 10.6 Å².